The fraction of sp³-hybridized carbons (Fsp3) is 0.333. The lowest BCUT2D eigenvalue weighted by Crippen LogP contribution is -2.05. The van der Waals surface area contributed by atoms with Crippen molar-refractivity contribution in [3.63, 3.8) is 0 Å². The Labute approximate surface area is 90.2 Å². The van der Waals surface area contributed by atoms with Gasteiger partial charge < -0.3 is 18.1 Å². The topological polar surface area (TPSA) is 36.9 Å². The Morgan fingerprint density at radius 2 is 1.47 bits per heavy atom. The summed E-state index contributed by atoms with van der Waals surface area (Å²) in [6.07, 6.45) is 0.953. The summed E-state index contributed by atoms with van der Waals surface area (Å²) in [6, 6.07) is 7.65. The molecular weight excluding hydrogens is 234 g/mol. The summed E-state index contributed by atoms with van der Waals surface area (Å²) in [5, 5.41) is 0. The van der Waals surface area contributed by atoms with Crippen LogP contribution >= 0.6 is 16.1 Å². The van der Waals surface area contributed by atoms with Crippen molar-refractivity contribution in [1.82, 2.24) is 0 Å². The summed E-state index contributed by atoms with van der Waals surface area (Å²) in [5.41, 5.74) is 0. The van der Waals surface area contributed by atoms with Gasteiger partial charge in [-0.2, -0.15) is 0 Å². The van der Waals surface area contributed by atoms with Gasteiger partial charge in [0.2, 0.25) is 0 Å². The summed E-state index contributed by atoms with van der Waals surface area (Å²) in [5.74, 6) is 1.59. The van der Waals surface area contributed by atoms with Crippen molar-refractivity contribution in [2.75, 3.05) is 13.2 Å². The molecule has 0 unspecified atom stereocenters. The van der Waals surface area contributed by atoms with Gasteiger partial charge in [-0.25, -0.2) is 0 Å². The molecule has 1 saturated heterocycles. The maximum absolute atomic E-state index is 5.67. The molecule has 1 aromatic carbocycles. The van der Waals surface area contributed by atoms with Crippen LogP contribution < -0.4 is 9.05 Å². The minimum Gasteiger partial charge on any atom is -0.429 e. The second kappa shape index (κ2) is 4.23. The van der Waals surface area contributed by atoms with E-state index in [0.717, 1.165) is 31.1 Å². The molecule has 0 bridgehead atoms. The molecule has 1 fully saturated rings. The summed E-state index contributed by atoms with van der Waals surface area (Å²) < 4.78 is 22.4. The molecule has 3 rings (SSSR count). The van der Waals surface area contributed by atoms with E-state index in [2.05, 4.69) is 0 Å². The van der Waals surface area contributed by atoms with Crippen LogP contribution in [0.25, 0.3) is 0 Å². The SMILES string of the molecule is c1ccc2c(c1)OP(P1OCCCO1)O2. The highest BCUT2D eigenvalue weighted by atomic mass is 32.1. The molecule has 0 amide bonds. The zero-order valence-corrected chi connectivity index (χ0v) is 9.75. The third-order valence-electron chi connectivity index (χ3n) is 2.03. The number of hydrogen-bond donors (Lipinski definition) is 0. The van der Waals surface area contributed by atoms with Crippen molar-refractivity contribution >= 4 is 16.1 Å². The lowest BCUT2D eigenvalue weighted by atomic mass is 10.3. The van der Waals surface area contributed by atoms with Crippen molar-refractivity contribution in [2.24, 2.45) is 0 Å². The molecule has 2 aliphatic heterocycles. The highest BCUT2D eigenvalue weighted by Gasteiger charge is 2.38. The normalized spacial score (nSPS) is 21.9. The minimum atomic E-state index is -1.07. The van der Waals surface area contributed by atoms with E-state index in [1.807, 2.05) is 24.3 Å². The Morgan fingerprint density at radius 3 is 2.07 bits per heavy atom. The van der Waals surface area contributed by atoms with Gasteiger partial charge in [0.15, 0.2) is 11.5 Å². The monoisotopic (exact) mass is 244 g/mol. The maximum atomic E-state index is 5.67. The second-order valence-corrected chi connectivity index (χ2v) is 6.92. The molecule has 0 spiro atoms. The fourth-order valence-electron chi connectivity index (χ4n) is 1.33. The van der Waals surface area contributed by atoms with Crippen molar-refractivity contribution < 1.29 is 18.1 Å². The zero-order chi connectivity index (χ0) is 10.1. The molecule has 4 nitrogen and oxygen atoms in total. The smallest absolute Gasteiger partial charge is 0.375 e. The Morgan fingerprint density at radius 1 is 0.867 bits per heavy atom. The number of hydrogen-bond acceptors (Lipinski definition) is 4. The van der Waals surface area contributed by atoms with Crippen LogP contribution in [-0.2, 0) is 9.05 Å². The lowest BCUT2D eigenvalue weighted by molar-refractivity contribution is 0.189. The average Bonchev–Trinajstić information content (AvgIpc) is 2.74. The number of para-hydroxylation sites is 2. The number of rotatable bonds is 1. The van der Waals surface area contributed by atoms with Crippen LogP contribution in [0.1, 0.15) is 6.42 Å². The van der Waals surface area contributed by atoms with Crippen LogP contribution in [0.5, 0.6) is 11.5 Å². The largest absolute Gasteiger partial charge is 0.429 e. The second-order valence-electron chi connectivity index (χ2n) is 3.12. The molecular formula is C9H10O4P2. The first-order valence-corrected chi connectivity index (χ1v) is 7.80. The molecule has 0 N–H and O–H groups in total. The third-order valence-corrected chi connectivity index (χ3v) is 5.79. The molecule has 15 heavy (non-hydrogen) atoms. The lowest BCUT2D eigenvalue weighted by Gasteiger charge is -2.23. The van der Waals surface area contributed by atoms with Gasteiger partial charge in [-0.1, -0.05) is 12.1 Å². The molecule has 1 aromatic rings. The van der Waals surface area contributed by atoms with Crippen LogP contribution in [-0.4, -0.2) is 13.2 Å². The number of benzene rings is 1. The summed E-state index contributed by atoms with van der Waals surface area (Å²) in [7, 11) is -2.07. The Balaban J connectivity index is 1.72. The Kier molecular flexibility index (Phi) is 2.76. The Hall–Kier alpha value is -0.400. The van der Waals surface area contributed by atoms with Gasteiger partial charge in [0, 0.05) is 0 Å². The van der Waals surface area contributed by atoms with E-state index in [1.54, 1.807) is 0 Å². The number of fused-ring (bicyclic) bond motifs is 1. The van der Waals surface area contributed by atoms with Gasteiger partial charge in [-0.15, -0.1) is 0 Å². The molecule has 6 heteroatoms. The first kappa shape index (κ1) is 9.80. The highest BCUT2D eigenvalue weighted by Crippen LogP contribution is 2.74. The van der Waals surface area contributed by atoms with Crippen LogP contribution in [0.4, 0.5) is 0 Å². The van der Waals surface area contributed by atoms with Crippen LogP contribution in [0.3, 0.4) is 0 Å². The summed E-state index contributed by atoms with van der Waals surface area (Å²) in [4.78, 5) is 0. The Bertz CT molecular complexity index is 329. The van der Waals surface area contributed by atoms with Gasteiger partial charge in [-0.3, -0.25) is 0 Å². The van der Waals surface area contributed by atoms with E-state index < -0.39 is 16.1 Å². The molecule has 2 heterocycles. The highest BCUT2D eigenvalue weighted by molar-refractivity contribution is 8.21. The first-order valence-electron chi connectivity index (χ1n) is 4.74. The molecule has 0 aromatic heterocycles. The van der Waals surface area contributed by atoms with Crippen molar-refractivity contribution in [3.05, 3.63) is 24.3 Å². The quantitative estimate of drug-likeness (QED) is 0.709. The summed E-state index contributed by atoms with van der Waals surface area (Å²) in [6.45, 7) is 1.49. The average molecular weight is 244 g/mol. The first-order chi connectivity index (χ1) is 7.43. The molecule has 0 aliphatic carbocycles. The van der Waals surface area contributed by atoms with Crippen LogP contribution in [0.2, 0.25) is 0 Å². The molecule has 0 radical (unpaired) electrons. The van der Waals surface area contributed by atoms with Crippen molar-refractivity contribution in [1.29, 1.82) is 0 Å². The van der Waals surface area contributed by atoms with Crippen LogP contribution in [0.15, 0.2) is 24.3 Å². The molecule has 2 aliphatic rings. The fourth-order valence-corrected chi connectivity index (χ4v) is 4.96. The minimum absolute atomic E-state index is 0.744. The van der Waals surface area contributed by atoms with Crippen LogP contribution in [0, 0.1) is 0 Å². The predicted octanol–water partition coefficient (Wildman–Crippen LogP) is 3.43. The van der Waals surface area contributed by atoms with E-state index in [9.17, 15) is 0 Å². The zero-order valence-electron chi connectivity index (χ0n) is 7.96. The van der Waals surface area contributed by atoms with E-state index in [4.69, 9.17) is 18.1 Å². The van der Waals surface area contributed by atoms with Gasteiger partial charge >= 0.3 is 8.06 Å². The van der Waals surface area contributed by atoms with Gasteiger partial charge in [0.1, 0.15) is 0 Å². The predicted molar refractivity (Wildman–Crippen MR) is 58.1 cm³/mol. The van der Waals surface area contributed by atoms with E-state index in [-0.39, 0.29) is 0 Å². The van der Waals surface area contributed by atoms with Gasteiger partial charge in [0.25, 0.3) is 8.06 Å². The van der Waals surface area contributed by atoms with E-state index >= 15 is 0 Å². The van der Waals surface area contributed by atoms with Crippen molar-refractivity contribution in [3.8, 4) is 11.5 Å². The van der Waals surface area contributed by atoms with Gasteiger partial charge in [0.05, 0.1) is 13.2 Å². The summed E-state index contributed by atoms with van der Waals surface area (Å²) >= 11 is 0. The van der Waals surface area contributed by atoms with Gasteiger partial charge in [-0.05, 0) is 18.6 Å². The molecule has 0 atom stereocenters. The third kappa shape index (κ3) is 1.95. The van der Waals surface area contributed by atoms with E-state index in [1.165, 1.54) is 0 Å². The maximum Gasteiger partial charge on any atom is 0.375 e. The molecule has 80 valence electrons. The van der Waals surface area contributed by atoms with E-state index in [0.29, 0.717) is 0 Å². The van der Waals surface area contributed by atoms with Crippen molar-refractivity contribution in [2.45, 2.75) is 6.42 Å². The molecule has 0 saturated carbocycles. The standard InChI is InChI=1S/C9H10O4P2/c1-2-5-9-8(4-1)12-15(13-9)14-10-6-3-7-11-14/h1-2,4-5H,3,6-7H2.